The average molecular weight is 681 g/mol. The number of nitrogens with zero attached hydrogens (tertiary/aromatic N) is 3. The first-order valence-corrected chi connectivity index (χ1v) is 17.6. The lowest BCUT2D eigenvalue weighted by atomic mass is 9.77. The monoisotopic (exact) mass is 680 g/mol. The number of nitrogens with one attached hydrogen (secondary N) is 3. The lowest BCUT2D eigenvalue weighted by Gasteiger charge is -2.28. The molecule has 2 fully saturated rings. The van der Waals surface area contributed by atoms with Crippen LogP contribution < -0.4 is 16.2 Å². The molecule has 4 aromatic heterocycles. The fourth-order valence-corrected chi connectivity index (χ4v) is 8.06. The molecule has 1 amide bonds. The Hall–Kier alpha value is -5.77. The van der Waals surface area contributed by atoms with E-state index in [1.165, 1.54) is 10.8 Å². The minimum Gasteiger partial charge on any atom is -0.456 e. The molecule has 2 aliphatic carbocycles. The molecule has 0 spiro atoms. The molecule has 10 heteroatoms. The number of anilines is 1. The quantitative estimate of drug-likeness (QED) is 0.142. The smallest absolute Gasteiger partial charge is 0.277 e. The van der Waals surface area contributed by atoms with Crippen molar-refractivity contribution in [3.05, 3.63) is 125 Å². The minimum absolute atomic E-state index is 0.250. The van der Waals surface area contributed by atoms with Crippen LogP contribution in [0, 0.1) is 11.8 Å². The highest BCUT2D eigenvalue weighted by molar-refractivity contribution is 6.05. The highest BCUT2D eigenvalue weighted by Crippen LogP contribution is 2.57. The van der Waals surface area contributed by atoms with Crippen molar-refractivity contribution in [2.24, 2.45) is 11.8 Å². The van der Waals surface area contributed by atoms with Gasteiger partial charge in [0, 0.05) is 51.4 Å². The highest BCUT2D eigenvalue weighted by Gasteiger charge is 2.50. The molecule has 3 aromatic carbocycles. The fraction of sp³-hybridized carbons (Fsp3) is 0.268. The number of halogens is 1. The molecule has 0 aliphatic heterocycles. The number of furan rings is 1. The van der Waals surface area contributed by atoms with E-state index in [9.17, 15) is 9.59 Å². The third-order valence-corrected chi connectivity index (χ3v) is 11.0. The van der Waals surface area contributed by atoms with Gasteiger partial charge in [-0.05, 0) is 85.9 Å². The van der Waals surface area contributed by atoms with E-state index in [2.05, 4.69) is 26.7 Å². The van der Waals surface area contributed by atoms with Gasteiger partial charge in [0.1, 0.15) is 34.9 Å². The maximum Gasteiger partial charge on any atom is 0.277 e. The average Bonchev–Trinajstić information content (AvgIpc) is 3.80. The summed E-state index contributed by atoms with van der Waals surface area (Å²) in [4.78, 5) is 39.8. The summed E-state index contributed by atoms with van der Waals surface area (Å²) in [6.07, 6.45) is 8.34. The fourth-order valence-electron chi connectivity index (χ4n) is 8.06. The molecule has 7 aromatic rings. The van der Waals surface area contributed by atoms with E-state index in [4.69, 9.17) is 9.40 Å². The topological polar surface area (TPSA) is 118 Å². The Morgan fingerprint density at radius 1 is 1.00 bits per heavy atom. The molecule has 0 saturated heterocycles. The van der Waals surface area contributed by atoms with Crippen molar-refractivity contribution in [1.82, 2.24) is 24.8 Å². The number of carbonyl (C=O) groups excluding carboxylic acids is 1. The number of para-hydroxylation sites is 1. The molecule has 256 valence electrons. The van der Waals surface area contributed by atoms with Crippen molar-refractivity contribution in [2.75, 3.05) is 5.32 Å². The van der Waals surface area contributed by atoms with Crippen molar-refractivity contribution in [2.45, 2.75) is 57.4 Å². The summed E-state index contributed by atoms with van der Waals surface area (Å²) in [6, 6.07) is 24.7. The summed E-state index contributed by atoms with van der Waals surface area (Å²) in [5, 5.41) is 9.24. The van der Waals surface area contributed by atoms with E-state index in [1.54, 1.807) is 12.4 Å². The lowest BCUT2D eigenvalue weighted by molar-refractivity contribution is -0.121. The van der Waals surface area contributed by atoms with Gasteiger partial charge in [-0.3, -0.25) is 19.1 Å². The summed E-state index contributed by atoms with van der Waals surface area (Å²) in [7, 11) is 0. The summed E-state index contributed by atoms with van der Waals surface area (Å²) in [5.74, 6) is 0.941. The van der Waals surface area contributed by atoms with E-state index < -0.39 is 5.67 Å². The summed E-state index contributed by atoms with van der Waals surface area (Å²) < 4.78 is 23.4. The number of aromatic amines is 1. The Morgan fingerprint density at radius 3 is 2.57 bits per heavy atom. The lowest BCUT2D eigenvalue weighted by Crippen LogP contribution is -2.34. The van der Waals surface area contributed by atoms with Crippen LogP contribution in [0.5, 0.6) is 0 Å². The predicted octanol–water partition coefficient (Wildman–Crippen LogP) is 8.16. The number of carbonyl (C=O) groups is 1. The van der Waals surface area contributed by atoms with Gasteiger partial charge in [-0.1, -0.05) is 48.5 Å². The zero-order valence-electron chi connectivity index (χ0n) is 28.2. The van der Waals surface area contributed by atoms with Gasteiger partial charge < -0.3 is 20.0 Å². The second-order valence-electron chi connectivity index (χ2n) is 14.2. The maximum absolute atomic E-state index is 16.0. The summed E-state index contributed by atoms with van der Waals surface area (Å²) in [6.45, 7) is 1.98. The van der Waals surface area contributed by atoms with Gasteiger partial charge in [0.25, 0.3) is 5.56 Å². The van der Waals surface area contributed by atoms with Crippen LogP contribution in [-0.4, -0.2) is 25.4 Å². The first kappa shape index (κ1) is 31.2. The second kappa shape index (κ2) is 12.2. The molecule has 0 radical (unpaired) electrons. The standard InChI is InChI=1S/C41H37FN6O3/c1-24(26-10-13-37-33(17-26)32-4-2-3-5-36(32)51-37)46-35-22-45-39(25-8-11-30(12-9-25)41(42)18-27-6-7-28(27)19-41)48(40(35)50)23-38(49)44-21-31-16-29-20-43-15-14-34(29)47-31/h2-5,8-17,20,22,24,27-28,46-47H,6-7,18-19,21,23H2,1H3,(H,44,49). The first-order chi connectivity index (χ1) is 24.8. The second-order valence-corrected chi connectivity index (χ2v) is 14.2. The number of alkyl halides is 1. The number of fused-ring (bicyclic) bond motifs is 5. The van der Waals surface area contributed by atoms with Crippen LogP contribution in [0.3, 0.4) is 0 Å². The molecule has 3 unspecified atom stereocenters. The van der Waals surface area contributed by atoms with E-state index >= 15 is 4.39 Å². The molecular formula is C41H37FN6O3. The van der Waals surface area contributed by atoms with Crippen molar-refractivity contribution in [3.63, 3.8) is 0 Å². The summed E-state index contributed by atoms with van der Waals surface area (Å²) in [5.41, 5.74) is 4.17. The molecule has 3 N–H and O–H groups in total. The zero-order chi connectivity index (χ0) is 34.7. The Labute approximate surface area is 292 Å². The Morgan fingerprint density at radius 2 is 1.78 bits per heavy atom. The Bertz CT molecular complexity index is 2450. The first-order valence-electron chi connectivity index (χ1n) is 17.6. The van der Waals surface area contributed by atoms with E-state index in [0.717, 1.165) is 56.9 Å². The summed E-state index contributed by atoms with van der Waals surface area (Å²) >= 11 is 0. The molecule has 51 heavy (non-hydrogen) atoms. The van der Waals surface area contributed by atoms with Gasteiger partial charge in [0.05, 0.1) is 12.7 Å². The predicted molar refractivity (Wildman–Crippen MR) is 196 cm³/mol. The number of amides is 1. The molecule has 2 saturated carbocycles. The molecule has 4 heterocycles. The number of hydrogen-bond donors (Lipinski definition) is 3. The number of H-pyrrole nitrogens is 1. The molecule has 9 rings (SSSR count). The molecule has 0 bridgehead atoms. The molecule has 3 atom stereocenters. The van der Waals surface area contributed by atoms with E-state index in [-0.39, 0.29) is 36.3 Å². The van der Waals surface area contributed by atoms with Crippen LogP contribution in [0.2, 0.25) is 0 Å². The molecule has 9 nitrogen and oxygen atoms in total. The van der Waals surface area contributed by atoms with Crippen LogP contribution >= 0.6 is 0 Å². The van der Waals surface area contributed by atoms with Gasteiger partial charge in [-0.25, -0.2) is 9.37 Å². The largest absolute Gasteiger partial charge is 0.456 e. The third-order valence-electron chi connectivity index (χ3n) is 11.0. The van der Waals surface area contributed by atoms with Crippen LogP contribution in [0.25, 0.3) is 44.2 Å². The van der Waals surface area contributed by atoms with Gasteiger partial charge in [0.15, 0.2) is 0 Å². The van der Waals surface area contributed by atoms with Crippen LogP contribution in [0.1, 0.15) is 55.5 Å². The van der Waals surface area contributed by atoms with Gasteiger partial charge in [0.2, 0.25) is 5.91 Å². The van der Waals surface area contributed by atoms with E-state index in [1.807, 2.05) is 79.7 Å². The maximum atomic E-state index is 16.0. The molecular weight excluding hydrogens is 643 g/mol. The molecule has 2 aliphatic rings. The highest BCUT2D eigenvalue weighted by atomic mass is 19.1. The van der Waals surface area contributed by atoms with Crippen LogP contribution in [0.4, 0.5) is 10.1 Å². The van der Waals surface area contributed by atoms with Crippen LogP contribution in [-0.2, 0) is 23.6 Å². The Balaban J connectivity index is 1.01. The number of benzene rings is 3. The number of hydrogen-bond acceptors (Lipinski definition) is 6. The SMILES string of the molecule is CC(Nc1cnc(-c2ccc(C3(F)CC4CCC4C3)cc2)n(CC(=O)NCc2cc3cnccc3[nH]2)c1=O)c1ccc2oc3ccccc3c2c1. The van der Waals surface area contributed by atoms with Gasteiger partial charge in [-0.2, -0.15) is 0 Å². The van der Waals surface area contributed by atoms with Crippen LogP contribution in [0.15, 0.2) is 107 Å². The number of rotatable bonds is 9. The third kappa shape index (κ3) is 5.64. The van der Waals surface area contributed by atoms with Crippen molar-refractivity contribution < 1.29 is 13.6 Å². The van der Waals surface area contributed by atoms with Gasteiger partial charge >= 0.3 is 0 Å². The van der Waals surface area contributed by atoms with E-state index in [0.29, 0.717) is 41.6 Å². The minimum atomic E-state index is -1.33. The Kier molecular flexibility index (Phi) is 7.49. The van der Waals surface area contributed by atoms with Crippen molar-refractivity contribution >= 4 is 44.4 Å². The number of aromatic nitrogens is 4. The van der Waals surface area contributed by atoms with Gasteiger partial charge in [-0.15, -0.1) is 0 Å². The number of pyridine rings is 1. The van der Waals surface area contributed by atoms with Crippen molar-refractivity contribution in [3.8, 4) is 11.4 Å². The normalized spacial score (nSPS) is 20.4. The zero-order valence-corrected chi connectivity index (χ0v) is 28.2. The van der Waals surface area contributed by atoms with Crippen molar-refractivity contribution in [1.29, 1.82) is 0 Å².